The van der Waals surface area contributed by atoms with Crippen LogP contribution in [0.25, 0.3) is 0 Å². The lowest BCUT2D eigenvalue weighted by Gasteiger charge is -2.00. The van der Waals surface area contributed by atoms with Crippen LogP contribution < -0.4 is 5.32 Å². The number of carbonyl (C=O) groups is 1. The van der Waals surface area contributed by atoms with Gasteiger partial charge in [-0.25, -0.2) is 4.98 Å². The van der Waals surface area contributed by atoms with Crippen LogP contribution in [0.2, 0.25) is 0 Å². The fraction of sp³-hybridized carbons (Fsp3) is 0.222. The zero-order valence-electron chi connectivity index (χ0n) is 9.12. The van der Waals surface area contributed by atoms with Crippen LogP contribution >= 0.6 is 11.3 Å². The summed E-state index contributed by atoms with van der Waals surface area (Å²) in [7, 11) is 0. The SMILES string of the molecule is O=C(NCCc1ncn[nH]1)c1ccc([N+](=O)[O-])s1. The molecule has 0 atom stereocenters. The van der Waals surface area contributed by atoms with Gasteiger partial charge in [0.15, 0.2) is 0 Å². The number of aromatic nitrogens is 3. The second kappa shape index (κ2) is 5.36. The van der Waals surface area contributed by atoms with Crippen LogP contribution in [0.15, 0.2) is 18.5 Å². The highest BCUT2D eigenvalue weighted by Crippen LogP contribution is 2.23. The summed E-state index contributed by atoms with van der Waals surface area (Å²) in [6, 6.07) is 2.75. The van der Waals surface area contributed by atoms with Crippen molar-refractivity contribution in [3.8, 4) is 0 Å². The number of nitro groups is 1. The van der Waals surface area contributed by atoms with Crippen molar-refractivity contribution < 1.29 is 9.72 Å². The molecule has 2 aromatic rings. The molecule has 0 aliphatic carbocycles. The topological polar surface area (TPSA) is 114 Å². The maximum atomic E-state index is 11.6. The number of rotatable bonds is 5. The maximum absolute atomic E-state index is 11.6. The van der Waals surface area contributed by atoms with Gasteiger partial charge >= 0.3 is 5.00 Å². The van der Waals surface area contributed by atoms with Gasteiger partial charge in [-0.2, -0.15) is 5.10 Å². The lowest BCUT2D eigenvalue weighted by atomic mass is 10.4. The van der Waals surface area contributed by atoms with Gasteiger partial charge in [0.2, 0.25) is 0 Å². The van der Waals surface area contributed by atoms with Crippen molar-refractivity contribution in [2.75, 3.05) is 6.54 Å². The number of amides is 1. The van der Waals surface area contributed by atoms with Crippen molar-refractivity contribution >= 4 is 22.2 Å². The Morgan fingerprint density at radius 3 is 3.00 bits per heavy atom. The zero-order valence-corrected chi connectivity index (χ0v) is 9.94. The standard InChI is InChI=1S/C9H9N5O3S/c15-9(6-1-2-8(18-6)14(16)17)10-4-3-7-11-5-12-13-7/h1-2,5H,3-4H2,(H,10,15)(H,11,12,13). The van der Waals surface area contributed by atoms with Crippen molar-refractivity contribution in [2.45, 2.75) is 6.42 Å². The number of nitrogens with one attached hydrogen (secondary N) is 2. The lowest BCUT2D eigenvalue weighted by molar-refractivity contribution is -0.380. The van der Waals surface area contributed by atoms with Crippen molar-refractivity contribution in [3.63, 3.8) is 0 Å². The number of aromatic amines is 1. The Labute approximate surface area is 105 Å². The molecule has 94 valence electrons. The fourth-order valence-corrected chi connectivity index (χ4v) is 2.02. The van der Waals surface area contributed by atoms with Crippen LogP contribution in [-0.2, 0) is 6.42 Å². The smallest absolute Gasteiger partial charge is 0.324 e. The van der Waals surface area contributed by atoms with Gasteiger partial charge in [0.05, 0.1) is 9.80 Å². The van der Waals surface area contributed by atoms with E-state index in [-0.39, 0.29) is 10.9 Å². The summed E-state index contributed by atoms with van der Waals surface area (Å²) in [6.45, 7) is 0.389. The second-order valence-electron chi connectivity index (χ2n) is 3.33. The first-order chi connectivity index (χ1) is 8.66. The third kappa shape index (κ3) is 2.88. The second-order valence-corrected chi connectivity index (χ2v) is 4.40. The molecule has 0 aromatic carbocycles. The summed E-state index contributed by atoms with van der Waals surface area (Å²) in [5.74, 6) is 0.347. The van der Waals surface area contributed by atoms with E-state index in [0.717, 1.165) is 11.3 Å². The van der Waals surface area contributed by atoms with Gasteiger partial charge in [-0.3, -0.25) is 20.0 Å². The molecule has 0 unspecified atom stereocenters. The zero-order chi connectivity index (χ0) is 13.0. The lowest BCUT2D eigenvalue weighted by Crippen LogP contribution is -2.25. The van der Waals surface area contributed by atoms with E-state index in [1.807, 2.05) is 0 Å². The minimum absolute atomic E-state index is 0.0459. The van der Waals surface area contributed by atoms with Gasteiger partial charge in [0, 0.05) is 19.0 Å². The molecule has 0 saturated carbocycles. The van der Waals surface area contributed by atoms with E-state index in [4.69, 9.17) is 0 Å². The molecule has 0 aliphatic rings. The van der Waals surface area contributed by atoms with E-state index in [1.165, 1.54) is 18.5 Å². The highest BCUT2D eigenvalue weighted by molar-refractivity contribution is 7.17. The Hall–Kier alpha value is -2.29. The molecule has 0 radical (unpaired) electrons. The van der Waals surface area contributed by atoms with Gasteiger partial charge in [-0.05, 0) is 6.07 Å². The first-order valence-corrected chi connectivity index (χ1v) is 5.85. The predicted octanol–water partition coefficient (Wildman–Crippen LogP) is 0.747. The Morgan fingerprint density at radius 2 is 2.39 bits per heavy atom. The summed E-state index contributed by atoms with van der Waals surface area (Å²) in [4.78, 5) is 25.8. The highest BCUT2D eigenvalue weighted by Gasteiger charge is 2.14. The predicted molar refractivity (Wildman–Crippen MR) is 63.4 cm³/mol. The Morgan fingerprint density at radius 1 is 1.56 bits per heavy atom. The summed E-state index contributed by atoms with van der Waals surface area (Å²) >= 11 is 0.850. The van der Waals surface area contributed by atoms with E-state index >= 15 is 0 Å². The van der Waals surface area contributed by atoms with Crippen LogP contribution in [0.3, 0.4) is 0 Å². The largest absolute Gasteiger partial charge is 0.351 e. The van der Waals surface area contributed by atoms with E-state index in [9.17, 15) is 14.9 Å². The molecular weight excluding hydrogens is 258 g/mol. The first kappa shape index (κ1) is 12.2. The summed E-state index contributed by atoms with van der Waals surface area (Å²) < 4.78 is 0. The molecule has 2 rings (SSSR count). The molecule has 2 heterocycles. The van der Waals surface area contributed by atoms with Crippen molar-refractivity contribution in [1.29, 1.82) is 0 Å². The van der Waals surface area contributed by atoms with E-state index in [0.29, 0.717) is 23.7 Å². The molecule has 2 N–H and O–H groups in total. The molecule has 1 amide bonds. The van der Waals surface area contributed by atoms with Crippen molar-refractivity contribution in [1.82, 2.24) is 20.5 Å². The number of hydrogen-bond donors (Lipinski definition) is 2. The molecule has 0 fully saturated rings. The van der Waals surface area contributed by atoms with Crippen LogP contribution in [0, 0.1) is 10.1 Å². The minimum Gasteiger partial charge on any atom is -0.351 e. The van der Waals surface area contributed by atoms with Crippen molar-refractivity contribution in [2.24, 2.45) is 0 Å². The highest BCUT2D eigenvalue weighted by atomic mass is 32.1. The fourth-order valence-electron chi connectivity index (χ4n) is 1.28. The maximum Gasteiger partial charge on any atom is 0.324 e. The Bertz CT molecular complexity index is 550. The molecule has 2 aromatic heterocycles. The van der Waals surface area contributed by atoms with Crippen LogP contribution in [0.5, 0.6) is 0 Å². The Balaban J connectivity index is 1.85. The number of H-pyrrole nitrogens is 1. The summed E-state index contributed by atoms with van der Waals surface area (Å²) in [5, 5.41) is 19.4. The summed E-state index contributed by atoms with van der Waals surface area (Å²) in [5.41, 5.74) is 0. The molecular formula is C9H9N5O3S. The summed E-state index contributed by atoms with van der Waals surface area (Å²) in [6.07, 6.45) is 1.92. The van der Waals surface area contributed by atoms with Crippen LogP contribution in [-0.4, -0.2) is 32.6 Å². The molecule has 8 nitrogen and oxygen atoms in total. The third-order valence-electron chi connectivity index (χ3n) is 2.11. The quantitative estimate of drug-likeness (QED) is 0.612. The van der Waals surface area contributed by atoms with Crippen LogP contribution in [0.4, 0.5) is 5.00 Å². The number of carbonyl (C=O) groups excluding carboxylic acids is 1. The number of hydrogen-bond acceptors (Lipinski definition) is 6. The average Bonchev–Trinajstić information content (AvgIpc) is 2.99. The van der Waals surface area contributed by atoms with E-state index in [2.05, 4.69) is 20.5 Å². The normalized spacial score (nSPS) is 10.2. The van der Waals surface area contributed by atoms with E-state index in [1.54, 1.807) is 0 Å². The van der Waals surface area contributed by atoms with Crippen LogP contribution in [0.1, 0.15) is 15.5 Å². The van der Waals surface area contributed by atoms with Gasteiger partial charge in [-0.15, -0.1) is 0 Å². The number of nitrogens with zero attached hydrogens (tertiary/aromatic N) is 3. The van der Waals surface area contributed by atoms with Gasteiger partial charge in [0.1, 0.15) is 12.2 Å². The van der Waals surface area contributed by atoms with Gasteiger partial charge in [-0.1, -0.05) is 11.3 Å². The van der Waals surface area contributed by atoms with Gasteiger partial charge in [0.25, 0.3) is 5.91 Å². The monoisotopic (exact) mass is 267 g/mol. The molecule has 18 heavy (non-hydrogen) atoms. The molecule has 0 saturated heterocycles. The minimum atomic E-state index is -0.518. The number of thiophene rings is 1. The first-order valence-electron chi connectivity index (χ1n) is 5.03. The average molecular weight is 267 g/mol. The molecule has 0 bridgehead atoms. The van der Waals surface area contributed by atoms with Crippen molar-refractivity contribution in [3.05, 3.63) is 39.3 Å². The molecule has 0 aliphatic heterocycles. The van der Waals surface area contributed by atoms with E-state index < -0.39 is 4.92 Å². The van der Waals surface area contributed by atoms with Gasteiger partial charge < -0.3 is 5.32 Å². The third-order valence-corrected chi connectivity index (χ3v) is 3.14. The molecule has 0 spiro atoms. The molecule has 9 heteroatoms. The Kier molecular flexibility index (Phi) is 3.63.